The summed E-state index contributed by atoms with van der Waals surface area (Å²) in [7, 11) is 0. The van der Waals surface area contributed by atoms with E-state index in [9.17, 15) is 17.6 Å². The second-order valence-corrected chi connectivity index (χ2v) is 5.99. The standard InChI is InChI=1S/C16H21F4N/c1-10-3-4-12(9-15(10)17)11(2)21-14-7-5-13(6-8-14)16(18,19)20/h3-4,9,11,13-14,21H,5-8H2,1-2H3. The zero-order chi connectivity index (χ0) is 15.6. The number of nitrogens with one attached hydrogen (secondary N) is 1. The molecule has 0 bridgehead atoms. The van der Waals surface area contributed by atoms with Crippen LogP contribution in [-0.4, -0.2) is 12.2 Å². The normalized spacial score (nSPS) is 24.9. The molecule has 1 unspecified atom stereocenters. The molecule has 1 aromatic carbocycles. The highest BCUT2D eigenvalue weighted by Crippen LogP contribution is 2.37. The maximum atomic E-state index is 13.5. The van der Waals surface area contributed by atoms with Gasteiger partial charge in [-0.3, -0.25) is 0 Å². The third kappa shape index (κ3) is 4.19. The Hall–Kier alpha value is -1.10. The number of hydrogen-bond donors (Lipinski definition) is 1. The van der Waals surface area contributed by atoms with E-state index in [-0.39, 0.29) is 30.7 Å². The van der Waals surface area contributed by atoms with Crippen LogP contribution >= 0.6 is 0 Å². The van der Waals surface area contributed by atoms with E-state index < -0.39 is 12.1 Å². The van der Waals surface area contributed by atoms with Gasteiger partial charge in [0.2, 0.25) is 0 Å². The van der Waals surface area contributed by atoms with E-state index >= 15 is 0 Å². The Morgan fingerprint density at radius 1 is 1.14 bits per heavy atom. The van der Waals surface area contributed by atoms with Crippen molar-refractivity contribution in [3.05, 3.63) is 35.1 Å². The molecule has 1 atom stereocenters. The third-order valence-electron chi connectivity index (χ3n) is 4.37. The molecule has 1 saturated carbocycles. The molecule has 1 N–H and O–H groups in total. The minimum absolute atomic E-state index is 0.0625. The largest absolute Gasteiger partial charge is 0.391 e. The molecular weight excluding hydrogens is 282 g/mol. The predicted octanol–water partition coefficient (Wildman–Crippen LogP) is 4.91. The van der Waals surface area contributed by atoms with E-state index in [0.717, 1.165) is 5.56 Å². The molecule has 1 fully saturated rings. The Kier molecular flexibility index (Phi) is 4.91. The lowest BCUT2D eigenvalue weighted by Crippen LogP contribution is -2.38. The van der Waals surface area contributed by atoms with Crippen LogP contribution in [0.5, 0.6) is 0 Å². The van der Waals surface area contributed by atoms with Crippen molar-refractivity contribution in [2.24, 2.45) is 5.92 Å². The molecule has 0 spiro atoms. The van der Waals surface area contributed by atoms with Gasteiger partial charge in [-0.15, -0.1) is 0 Å². The lowest BCUT2D eigenvalue weighted by atomic mass is 9.85. The summed E-state index contributed by atoms with van der Waals surface area (Å²) in [4.78, 5) is 0. The second-order valence-electron chi connectivity index (χ2n) is 5.99. The predicted molar refractivity (Wildman–Crippen MR) is 74.5 cm³/mol. The van der Waals surface area contributed by atoms with Crippen LogP contribution in [-0.2, 0) is 0 Å². The number of alkyl halides is 3. The fourth-order valence-corrected chi connectivity index (χ4v) is 2.92. The SMILES string of the molecule is Cc1ccc(C(C)NC2CCC(C(F)(F)F)CC2)cc1F. The molecule has 0 amide bonds. The molecule has 21 heavy (non-hydrogen) atoms. The smallest absolute Gasteiger partial charge is 0.307 e. The summed E-state index contributed by atoms with van der Waals surface area (Å²) in [6.45, 7) is 3.62. The van der Waals surface area contributed by atoms with Crippen molar-refractivity contribution in [3.8, 4) is 0 Å². The molecule has 0 heterocycles. The van der Waals surface area contributed by atoms with Gasteiger partial charge in [-0.1, -0.05) is 12.1 Å². The summed E-state index contributed by atoms with van der Waals surface area (Å²) in [6.07, 6.45) is -2.69. The summed E-state index contributed by atoms with van der Waals surface area (Å²) in [5.41, 5.74) is 1.42. The number of aryl methyl sites for hydroxylation is 1. The lowest BCUT2D eigenvalue weighted by Gasteiger charge is -2.32. The molecule has 2 rings (SSSR count). The minimum atomic E-state index is -4.07. The average molecular weight is 303 g/mol. The van der Waals surface area contributed by atoms with Gasteiger partial charge in [0.1, 0.15) is 5.82 Å². The quantitative estimate of drug-likeness (QED) is 0.783. The number of benzene rings is 1. The summed E-state index contributed by atoms with van der Waals surface area (Å²) in [5.74, 6) is -1.41. The summed E-state index contributed by atoms with van der Waals surface area (Å²) < 4.78 is 51.4. The fourth-order valence-electron chi connectivity index (χ4n) is 2.92. The van der Waals surface area contributed by atoms with E-state index in [1.54, 1.807) is 13.0 Å². The van der Waals surface area contributed by atoms with Crippen LogP contribution in [0.25, 0.3) is 0 Å². The Labute approximate surface area is 122 Å². The average Bonchev–Trinajstić information content (AvgIpc) is 2.41. The molecule has 0 aromatic heterocycles. The van der Waals surface area contributed by atoms with Crippen molar-refractivity contribution >= 4 is 0 Å². The number of halogens is 4. The molecule has 1 aromatic rings. The van der Waals surface area contributed by atoms with Gasteiger partial charge in [-0.05, 0) is 56.7 Å². The van der Waals surface area contributed by atoms with Gasteiger partial charge in [-0.2, -0.15) is 13.2 Å². The van der Waals surface area contributed by atoms with E-state index in [2.05, 4.69) is 5.32 Å². The Bertz CT molecular complexity index is 476. The van der Waals surface area contributed by atoms with Gasteiger partial charge in [-0.25, -0.2) is 4.39 Å². The Balaban J connectivity index is 1.89. The van der Waals surface area contributed by atoms with E-state index in [0.29, 0.717) is 18.4 Å². The van der Waals surface area contributed by atoms with Crippen molar-refractivity contribution < 1.29 is 17.6 Å². The summed E-state index contributed by atoms with van der Waals surface area (Å²) >= 11 is 0. The monoisotopic (exact) mass is 303 g/mol. The molecule has 1 aliphatic rings. The van der Waals surface area contributed by atoms with E-state index in [4.69, 9.17) is 0 Å². The molecule has 1 aliphatic carbocycles. The zero-order valence-corrected chi connectivity index (χ0v) is 12.3. The first-order valence-corrected chi connectivity index (χ1v) is 7.36. The van der Waals surface area contributed by atoms with Crippen molar-refractivity contribution in [2.45, 2.75) is 57.8 Å². The highest BCUT2D eigenvalue weighted by atomic mass is 19.4. The van der Waals surface area contributed by atoms with Crippen LogP contribution < -0.4 is 5.32 Å². The van der Waals surface area contributed by atoms with Gasteiger partial charge in [0, 0.05) is 12.1 Å². The Morgan fingerprint density at radius 2 is 1.76 bits per heavy atom. The van der Waals surface area contributed by atoms with E-state index in [1.165, 1.54) is 6.07 Å². The second kappa shape index (κ2) is 6.34. The molecule has 5 heteroatoms. The summed E-state index contributed by atoms with van der Waals surface area (Å²) in [5, 5.41) is 3.32. The molecular formula is C16H21F4N. The first-order valence-electron chi connectivity index (χ1n) is 7.36. The van der Waals surface area contributed by atoms with E-state index in [1.807, 2.05) is 13.0 Å². The topological polar surface area (TPSA) is 12.0 Å². The highest BCUT2D eigenvalue weighted by Gasteiger charge is 2.41. The van der Waals surface area contributed by atoms with Crippen molar-refractivity contribution in [3.63, 3.8) is 0 Å². The van der Waals surface area contributed by atoms with Crippen LogP contribution in [0.1, 0.15) is 49.8 Å². The number of rotatable bonds is 3. The van der Waals surface area contributed by atoms with Gasteiger partial charge in [0.05, 0.1) is 5.92 Å². The Morgan fingerprint density at radius 3 is 2.29 bits per heavy atom. The molecule has 0 saturated heterocycles. The minimum Gasteiger partial charge on any atom is -0.307 e. The maximum absolute atomic E-state index is 13.5. The molecule has 0 radical (unpaired) electrons. The fraction of sp³-hybridized carbons (Fsp3) is 0.625. The highest BCUT2D eigenvalue weighted by molar-refractivity contribution is 5.25. The first-order chi connectivity index (χ1) is 9.77. The van der Waals surface area contributed by atoms with Crippen LogP contribution in [0.2, 0.25) is 0 Å². The molecule has 118 valence electrons. The molecule has 1 nitrogen and oxygen atoms in total. The van der Waals surface area contributed by atoms with Gasteiger partial charge in [0.15, 0.2) is 0 Å². The maximum Gasteiger partial charge on any atom is 0.391 e. The lowest BCUT2D eigenvalue weighted by molar-refractivity contribution is -0.182. The van der Waals surface area contributed by atoms with Gasteiger partial charge >= 0.3 is 6.18 Å². The van der Waals surface area contributed by atoms with Crippen molar-refractivity contribution in [1.82, 2.24) is 5.32 Å². The van der Waals surface area contributed by atoms with Crippen LogP contribution in [0.3, 0.4) is 0 Å². The van der Waals surface area contributed by atoms with Gasteiger partial charge in [0.25, 0.3) is 0 Å². The first kappa shape index (κ1) is 16.3. The van der Waals surface area contributed by atoms with Gasteiger partial charge < -0.3 is 5.32 Å². The zero-order valence-electron chi connectivity index (χ0n) is 12.3. The van der Waals surface area contributed by atoms with Crippen molar-refractivity contribution in [2.75, 3.05) is 0 Å². The molecule has 0 aliphatic heterocycles. The van der Waals surface area contributed by atoms with Crippen LogP contribution in [0.4, 0.5) is 17.6 Å². The van der Waals surface area contributed by atoms with Crippen LogP contribution in [0, 0.1) is 18.7 Å². The van der Waals surface area contributed by atoms with Crippen LogP contribution in [0.15, 0.2) is 18.2 Å². The third-order valence-corrected chi connectivity index (χ3v) is 4.37. The number of hydrogen-bond acceptors (Lipinski definition) is 1. The summed E-state index contributed by atoms with van der Waals surface area (Å²) in [6, 6.07) is 5.09. The van der Waals surface area contributed by atoms with Crippen molar-refractivity contribution in [1.29, 1.82) is 0 Å².